The minimum atomic E-state index is -0.534. The molecule has 0 bridgehead atoms. The lowest BCUT2D eigenvalue weighted by molar-refractivity contribution is 0.251. The van der Waals surface area contributed by atoms with E-state index in [4.69, 9.17) is 0 Å². The molecule has 1 N–H and O–H groups in total. The molecule has 2 rings (SSSR count). The van der Waals surface area contributed by atoms with Crippen LogP contribution in [0, 0.1) is 0 Å². The van der Waals surface area contributed by atoms with Crippen LogP contribution in [0.1, 0.15) is 25.7 Å². The Kier molecular flexibility index (Phi) is 2.66. The highest BCUT2D eigenvalue weighted by atomic mass is 16.2. The van der Waals surface area contributed by atoms with Gasteiger partial charge in [-0.25, -0.2) is 4.79 Å². The second-order valence-electron chi connectivity index (χ2n) is 3.40. The first-order valence-corrected chi connectivity index (χ1v) is 4.81. The van der Waals surface area contributed by atoms with Gasteiger partial charge in [0.1, 0.15) is 5.70 Å². The van der Waals surface area contributed by atoms with Crippen molar-refractivity contribution in [1.29, 1.82) is 0 Å². The lowest BCUT2D eigenvalue weighted by atomic mass is 10.3. The number of amides is 2. The molecule has 0 spiro atoms. The summed E-state index contributed by atoms with van der Waals surface area (Å²) in [5.74, 6) is 0.286. The maximum Gasteiger partial charge on any atom is 0.365 e. The van der Waals surface area contributed by atoms with E-state index >= 15 is 0 Å². The van der Waals surface area contributed by atoms with E-state index in [1.54, 1.807) is 0 Å². The number of carbonyl (C=O) groups excluding carboxylic acids is 1. The van der Waals surface area contributed by atoms with E-state index in [-0.39, 0.29) is 5.84 Å². The van der Waals surface area contributed by atoms with E-state index in [1.165, 1.54) is 0 Å². The molecule has 2 aliphatic rings. The highest BCUT2D eigenvalue weighted by Gasteiger charge is 2.15. The fourth-order valence-corrected chi connectivity index (χ4v) is 1.44. The third-order valence-corrected chi connectivity index (χ3v) is 2.23. The number of nitrogens with one attached hydrogen (secondary N) is 1. The number of hydrogen-bond acceptors (Lipinski definition) is 4. The van der Waals surface area contributed by atoms with Crippen molar-refractivity contribution in [2.24, 2.45) is 20.4 Å². The Morgan fingerprint density at radius 1 is 1.20 bits per heavy atom. The van der Waals surface area contributed by atoms with Crippen LogP contribution in [0.25, 0.3) is 0 Å². The van der Waals surface area contributed by atoms with Gasteiger partial charge >= 0.3 is 6.03 Å². The van der Waals surface area contributed by atoms with E-state index < -0.39 is 6.03 Å². The molecule has 1 aliphatic carbocycles. The number of amidine groups is 1. The largest absolute Gasteiger partial charge is 0.365 e. The number of carbonyl (C=O) groups is 1. The highest BCUT2D eigenvalue weighted by Crippen LogP contribution is 2.15. The van der Waals surface area contributed by atoms with Crippen molar-refractivity contribution < 1.29 is 4.79 Å². The molecule has 0 radical (unpaired) electrons. The maximum absolute atomic E-state index is 10.9. The van der Waals surface area contributed by atoms with Crippen LogP contribution in [0.4, 0.5) is 4.79 Å². The minimum absolute atomic E-state index is 0.286. The molecule has 0 saturated heterocycles. The SMILES string of the molecule is C=C1N=NC(=O)N/C1=N\N=C1CCCC1. The van der Waals surface area contributed by atoms with Gasteiger partial charge in [0.05, 0.1) is 0 Å². The summed E-state index contributed by atoms with van der Waals surface area (Å²) in [6, 6.07) is -0.534. The smallest absolute Gasteiger partial charge is 0.286 e. The topological polar surface area (TPSA) is 78.5 Å². The molecular weight excluding hydrogens is 194 g/mol. The Morgan fingerprint density at radius 2 is 1.93 bits per heavy atom. The molecule has 15 heavy (non-hydrogen) atoms. The summed E-state index contributed by atoms with van der Waals surface area (Å²) >= 11 is 0. The summed E-state index contributed by atoms with van der Waals surface area (Å²) in [6.45, 7) is 3.60. The number of nitrogens with zero attached hydrogens (tertiary/aromatic N) is 4. The van der Waals surface area contributed by atoms with E-state index in [2.05, 4.69) is 32.3 Å². The first-order chi connectivity index (χ1) is 7.25. The van der Waals surface area contributed by atoms with Crippen LogP contribution in [0.5, 0.6) is 0 Å². The van der Waals surface area contributed by atoms with Crippen molar-refractivity contribution in [2.45, 2.75) is 25.7 Å². The average Bonchev–Trinajstić information content (AvgIpc) is 2.72. The second kappa shape index (κ2) is 4.12. The first kappa shape index (κ1) is 9.70. The van der Waals surface area contributed by atoms with Crippen molar-refractivity contribution in [3.05, 3.63) is 12.3 Å². The molecule has 0 aromatic rings. The van der Waals surface area contributed by atoms with Crippen LogP contribution < -0.4 is 5.32 Å². The molecule has 2 amide bonds. The molecule has 1 aliphatic heterocycles. The minimum Gasteiger partial charge on any atom is -0.286 e. The first-order valence-electron chi connectivity index (χ1n) is 4.81. The Balaban J connectivity index is 2.12. The van der Waals surface area contributed by atoms with Gasteiger partial charge in [0.15, 0.2) is 5.84 Å². The van der Waals surface area contributed by atoms with Gasteiger partial charge in [-0.1, -0.05) is 11.7 Å². The molecule has 6 nitrogen and oxygen atoms in total. The Hall–Kier alpha value is -1.85. The van der Waals surface area contributed by atoms with Crippen LogP contribution >= 0.6 is 0 Å². The number of rotatable bonds is 1. The summed E-state index contributed by atoms with van der Waals surface area (Å²) in [5.41, 5.74) is 1.39. The van der Waals surface area contributed by atoms with Gasteiger partial charge in [0, 0.05) is 5.71 Å². The van der Waals surface area contributed by atoms with Gasteiger partial charge in [-0.05, 0) is 25.7 Å². The van der Waals surface area contributed by atoms with E-state index in [9.17, 15) is 4.79 Å². The summed E-state index contributed by atoms with van der Waals surface area (Å²) in [6.07, 6.45) is 4.30. The lowest BCUT2D eigenvalue weighted by Gasteiger charge is -2.07. The number of hydrogen-bond donors (Lipinski definition) is 1. The van der Waals surface area contributed by atoms with Crippen molar-refractivity contribution in [1.82, 2.24) is 5.32 Å². The van der Waals surface area contributed by atoms with Crippen LogP contribution in [-0.2, 0) is 0 Å². The normalized spacial score (nSPS) is 23.5. The summed E-state index contributed by atoms with van der Waals surface area (Å²) in [4.78, 5) is 10.9. The standard InChI is InChI=1S/C9H11N5O/c1-6-8(10-9(15)14-11-6)13-12-7-4-2-3-5-7/h1-5H2,(H,10,13,15). The van der Waals surface area contributed by atoms with Gasteiger partial charge in [-0.2, -0.15) is 5.10 Å². The van der Waals surface area contributed by atoms with Crippen LogP contribution in [0.3, 0.4) is 0 Å². The molecule has 1 fully saturated rings. The van der Waals surface area contributed by atoms with E-state index in [0.717, 1.165) is 31.4 Å². The van der Waals surface area contributed by atoms with Gasteiger partial charge in [-0.3, -0.25) is 5.32 Å². The van der Waals surface area contributed by atoms with Crippen molar-refractivity contribution in [2.75, 3.05) is 0 Å². The zero-order chi connectivity index (χ0) is 10.7. The van der Waals surface area contributed by atoms with Gasteiger partial charge < -0.3 is 0 Å². The molecule has 0 atom stereocenters. The van der Waals surface area contributed by atoms with Gasteiger partial charge in [-0.15, -0.1) is 10.2 Å². The molecule has 0 unspecified atom stereocenters. The summed E-state index contributed by atoms with van der Waals surface area (Å²) in [5, 5.41) is 17.3. The van der Waals surface area contributed by atoms with Crippen LogP contribution in [0.2, 0.25) is 0 Å². The lowest BCUT2D eigenvalue weighted by Crippen LogP contribution is -2.31. The maximum atomic E-state index is 10.9. The Morgan fingerprint density at radius 3 is 2.67 bits per heavy atom. The number of urea groups is 1. The van der Waals surface area contributed by atoms with E-state index in [0.29, 0.717) is 5.70 Å². The van der Waals surface area contributed by atoms with Gasteiger partial charge in [0.25, 0.3) is 0 Å². The fourth-order valence-electron chi connectivity index (χ4n) is 1.44. The molecular formula is C9H11N5O. The molecule has 1 saturated carbocycles. The monoisotopic (exact) mass is 205 g/mol. The summed E-state index contributed by atoms with van der Waals surface area (Å²) < 4.78 is 0. The predicted molar refractivity (Wildman–Crippen MR) is 55.9 cm³/mol. The third-order valence-electron chi connectivity index (χ3n) is 2.23. The number of azo groups is 1. The van der Waals surface area contributed by atoms with Gasteiger partial charge in [0.2, 0.25) is 0 Å². The quantitative estimate of drug-likeness (QED) is 0.653. The van der Waals surface area contributed by atoms with Crippen LogP contribution in [0.15, 0.2) is 32.7 Å². The van der Waals surface area contributed by atoms with Crippen molar-refractivity contribution >= 4 is 17.6 Å². The molecule has 1 heterocycles. The van der Waals surface area contributed by atoms with Crippen LogP contribution in [-0.4, -0.2) is 17.6 Å². The fraction of sp³-hybridized carbons (Fsp3) is 0.444. The molecule has 0 aromatic heterocycles. The third kappa shape index (κ3) is 2.34. The summed E-state index contributed by atoms with van der Waals surface area (Å²) in [7, 11) is 0. The highest BCUT2D eigenvalue weighted by molar-refractivity contribution is 6.08. The van der Waals surface area contributed by atoms with E-state index in [1.807, 2.05) is 0 Å². The average molecular weight is 205 g/mol. The zero-order valence-electron chi connectivity index (χ0n) is 8.23. The Labute approximate surface area is 86.9 Å². The second-order valence-corrected chi connectivity index (χ2v) is 3.40. The molecule has 6 heteroatoms. The molecule has 78 valence electrons. The van der Waals surface area contributed by atoms with Crippen molar-refractivity contribution in [3.63, 3.8) is 0 Å². The zero-order valence-corrected chi connectivity index (χ0v) is 8.23. The molecule has 0 aromatic carbocycles. The van der Waals surface area contributed by atoms with Crippen molar-refractivity contribution in [3.8, 4) is 0 Å². The predicted octanol–water partition coefficient (Wildman–Crippen LogP) is 2.00. The Bertz CT molecular complexity index is 385.